The number of rotatable bonds is 9. The summed E-state index contributed by atoms with van der Waals surface area (Å²) >= 11 is 14.4. The zero-order valence-electron chi connectivity index (χ0n) is 12.0. The molecule has 2 N–H and O–H groups in total. The molecule has 0 aromatic heterocycles. The van der Waals surface area contributed by atoms with E-state index in [0.717, 1.165) is 0 Å². The molecular weight excluding hydrogens is 309 g/mol. The van der Waals surface area contributed by atoms with Crippen LogP contribution in [0.5, 0.6) is 0 Å². The van der Waals surface area contributed by atoms with Crippen LogP contribution in [0.15, 0.2) is 0 Å². The van der Waals surface area contributed by atoms with Crippen molar-refractivity contribution in [1.82, 2.24) is 0 Å². The van der Waals surface area contributed by atoms with Crippen LogP contribution in [0.4, 0.5) is 0 Å². The molecule has 0 amide bonds. The van der Waals surface area contributed by atoms with E-state index in [0.29, 0.717) is 7.92 Å². The van der Waals surface area contributed by atoms with E-state index in [1.54, 1.807) is 18.5 Å². The minimum absolute atomic E-state index is 0. The Bertz CT molecular complexity index is 116. The first-order chi connectivity index (χ1) is 8.08. The maximum absolute atomic E-state index is 4.81. The molecule has 0 spiro atoms. The molecule has 0 aliphatic heterocycles. The zero-order chi connectivity index (χ0) is 13.5. The number of hydrogen-bond acceptors (Lipinski definition) is 0. The largest absolute Gasteiger partial charge is 0.412 e. The third-order valence-electron chi connectivity index (χ3n) is 2.48. The van der Waals surface area contributed by atoms with E-state index in [9.17, 15) is 0 Å². The van der Waals surface area contributed by atoms with Crippen molar-refractivity contribution in [3.05, 3.63) is 0 Å². The van der Waals surface area contributed by atoms with Crippen LogP contribution in [0.3, 0.4) is 0 Å². The molecule has 0 aliphatic carbocycles. The highest BCUT2D eigenvalue weighted by atomic mass is 35.6. The summed E-state index contributed by atoms with van der Waals surface area (Å²) in [6.07, 6.45) is 13.2. The standard InChI is InChI=1S/C12H27P.CHCl3.H2O/c1-4-7-10-13(11-8-5-2)12-9-6-3;2-1(3)4;/h4-12H2,1-3H3;1H;1H2. The molecule has 18 heavy (non-hydrogen) atoms. The van der Waals surface area contributed by atoms with E-state index in [1.165, 1.54) is 38.5 Å². The van der Waals surface area contributed by atoms with Crippen LogP contribution < -0.4 is 0 Å². The summed E-state index contributed by atoms with van der Waals surface area (Å²) in [5.74, 6) is 0. The Hall–Kier alpha value is 1.26. The average Bonchev–Trinajstić information content (AvgIpc) is 2.27. The highest BCUT2D eigenvalue weighted by molar-refractivity contribution is 7.57. The molecule has 0 rings (SSSR count). The Kier molecular flexibility index (Phi) is 27.8. The van der Waals surface area contributed by atoms with Gasteiger partial charge in [0.1, 0.15) is 0 Å². The van der Waals surface area contributed by atoms with Crippen molar-refractivity contribution in [1.29, 1.82) is 0 Å². The van der Waals surface area contributed by atoms with Gasteiger partial charge in [-0.05, 0) is 37.7 Å². The fraction of sp³-hybridized carbons (Fsp3) is 1.00. The molecule has 5 heteroatoms. The Morgan fingerprint density at radius 3 is 1.11 bits per heavy atom. The molecule has 1 nitrogen and oxygen atoms in total. The lowest BCUT2D eigenvalue weighted by Crippen LogP contribution is -1.95. The topological polar surface area (TPSA) is 31.5 Å². The van der Waals surface area contributed by atoms with Gasteiger partial charge in [0.2, 0.25) is 0 Å². The van der Waals surface area contributed by atoms with Crippen LogP contribution in [0.1, 0.15) is 59.3 Å². The van der Waals surface area contributed by atoms with Gasteiger partial charge >= 0.3 is 0 Å². The molecule has 114 valence electrons. The number of unbranched alkanes of at least 4 members (excludes halogenated alkanes) is 3. The molecule has 0 aromatic carbocycles. The summed E-state index contributed by atoms with van der Waals surface area (Å²) in [7, 11) is 0.422. The first-order valence-corrected chi connectivity index (χ1v) is 9.93. The molecule has 0 aromatic rings. The molecule has 0 aliphatic rings. The van der Waals surface area contributed by atoms with Crippen LogP contribution in [0.25, 0.3) is 0 Å². The van der Waals surface area contributed by atoms with Gasteiger partial charge in [-0.3, -0.25) is 0 Å². The first-order valence-electron chi connectivity index (χ1n) is 6.72. The monoisotopic (exact) mass is 338 g/mol. The van der Waals surface area contributed by atoms with Gasteiger partial charge in [-0.25, -0.2) is 0 Å². The van der Waals surface area contributed by atoms with Crippen LogP contribution in [-0.4, -0.2) is 28.3 Å². The van der Waals surface area contributed by atoms with Crippen molar-refractivity contribution in [3.63, 3.8) is 0 Å². The molecule has 0 atom stereocenters. The van der Waals surface area contributed by atoms with Crippen molar-refractivity contribution < 1.29 is 5.48 Å². The highest BCUT2D eigenvalue weighted by Gasteiger charge is 2.05. The van der Waals surface area contributed by atoms with E-state index in [4.69, 9.17) is 34.8 Å². The van der Waals surface area contributed by atoms with Crippen molar-refractivity contribution in [2.45, 2.75) is 63.6 Å². The van der Waals surface area contributed by atoms with E-state index in [2.05, 4.69) is 20.8 Å². The SMILES string of the molecule is CCCCP(CCCC)CCCC.ClC(Cl)Cl.O. The van der Waals surface area contributed by atoms with Gasteiger partial charge < -0.3 is 5.48 Å². The minimum Gasteiger partial charge on any atom is -0.412 e. The van der Waals surface area contributed by atoms with E-state index in [-0.39, 0.29) is 5.48 Å². The predicted molar refractivity (Wildman–Crippen MR) is 91.2 cm³/mol. The van der Waals surface area contributed by atoms with Crippen molar-refractivity contribution >= 4 is 42.7 Å². The molecule has 0 saturated heterocycles. The van der Waals surface area contributed by atoms with Crippen LogP contribution in [0.2, 0.25) is 0 Å². The fourth-order valence-corrected chi connectivity index (χ4v) is 4.44. The number of hydrogen-bond donors (Lipinski definition) is 0. The molecule has 0 saturated carbocycles. The second-order valence-corrected chi connectivity index (χ2v) is 8.81. The number of halogens is 3. The van der Waals surface area contributed by atoms with E-state index < -0.39 is 4.30 Å². The van der Waals surface area contributed by atoms with Gasteiger partial charge in [0, 0.05) is 0 Å². The molecule has 0 radical (unpaired) electrons. The normalized spacial score (nSPS) is 10.0. The minimum atomic E-state index is -0.750. The fourth-order valence-electron chi connectivity index (χ4n) is 1.48. The van der Waals surface area contributed by atoms with Crippen LogP contribution in [-0.2, 0) is 0 Å². The Balaban J connectivity index is -0.000000392. The van der Waals surface area contributed by atoms with E-state index in [1.807, 2.05) is 0 Å². The van der Waals surface area contributed by atoms with Gasteiger partial charge in [-0.2, -0.15) is 0 Å². The molecular formula is C13H30Cl3OP. The Morgan fingerprint density at radius 1 is 0.722 bits per heavy atom. The summed E-state index contributed by atoms with van der Waals surface area (Å²) in [5, 5.41) is 0. The van der Waals surface area contributed by atoms with Gasteiger partial charge in [-0.15, -0.1) is 7.92 Å². The third kappa shape index (κ3) is 26.0. The van der Waals surface area contributed by atoms with Gasteiger partial charge in [-0.1, -0.05) is 74.8 Å². The van der Waals surface area contributed by atoms with Gasteiger partial charge in [0.25, 0.3) is 0 Å². The lowest BCUT2D eigenvalue weighted by molar-refractivity contribution is 0.824. The predicted octanol–water partition coefficient (Wildman–Crippen LogP) is 6.03. The number of alkyl halides is 3. The van der Waals surface area contributed by atoms with Crippen molar-refractivity contribution in [2.75, 3.05) is 18.5 Å². The van der Waals surface area contributed by atoms with Crippen molar-refractivity contribution in [3.8, 4) is 0 Å². The first kappa shape index (κ1) is 24.3. The average molecular weight is 340 g/mol. The zero-order valence-corrected chi connectivity index (χ0v) is 15.2. The van der Waals surface area contributed by atoms with Crippen LogP contribution in [0, 0.1) is 0 Å². The Labute approximate surface area is 130 Å². The smallest absolute Gasteiger partial charge is 0.180 e. The summed E-state index contributed by atoms with van der Waals surface area (Å²) in [4.78, 5) is 0. The summed E-state index contributed by atoms with van der Waals surface area (Å²) in [5.41, 5.74) is 0. The lowest BCUT2D eigenvalue weighted by atomic mass is 10.4. The Morgan fingerprint density at radius 2 is 0.944 bits per heavy atom. The van der Waals surface area contributed by atoms with Crippen molar-refractivity contribution in [2.24, 2.45) is 0 Å². The highest BCUT2D eigenvalue weighted by Crippen LogP contribution is 2.38. The van der Waals surface area contributed by atoms with Gasteiger partial charge in [0.05, 0.1) is 0 Å². The molecule has 0 fully saturated rings. The second kappa shape index (κ2) is 20.6. The van der Waals surface area contributed by atoms with Crippen LogP contribution >= 0.6 is 42.7 Å². The molecule has 0 unspecified atom stereocenters. The second-order valence-electron chi connectivity index (χ2n) is 4.15. The van der Waals surface area contributed by atoms with E-state index >= 15 is 0 Å². The summed E-state index contributed by atoms with van der Waals surface area (Å²) in [6, 6.07) is 0. The molecule has 0 heterocycles. The lowest BCUT2D eigenvalue weighted by Gasteiger charge is -2.16. The maximum atomic E-state index is 4.81. The summed E-state index contributed by atoms with van der Waals surface area (Å²) in [6.45, 7) is 6.94. The molecule has 0 bridgehead atoms. The maximum Gasteiger partial charge on any atom is 0.180 e. The van der Waals surface area contributed by atoms with Gasteiger partial charge in [0.15, 0.2) is 4.30 Å². The summed E-state index contributed by atoms with van der Waals surface area (Å²) < 4.78 is -0.750. The quantitative estimate of drug-likeness (QED) is 0.363. The third-order valence-corrected chi connectivity index (χ3v) is 5.33.